The van der Waals surface area contributed by atoms with E-state index in [0.29, 0.717) is 25.1 Å². The summed E-state index contributed by atoms with van der Waals surface area (Å²) in [5, 5.41) is 2.78. The third kappa shape index (κ3) is 3.54. The molecule has 1 aliphatic carbocycles. The van der Waals surface area contributed by atoms with E-state index in [0.717, 1.165) is 5.69 Å². The topological polar surface area (TPSA) is 79.4 Å². The molecule has 6 nitrogen and oxygen atoms in total. The molecule has 0 radical (unpaired) electrons. The van der Waals surface area contributed by atoms with E-state index in [-0.39, 0.29) is 35.5 Å². The van der Waals surface area contributed by atoms with Crippen LogP contribution < -0.4 is 5.32 Å². The van der Waals surface area contributed by atoms with Gasteiger partial charge in [-0.25, -0.2) is 4.98 Å². The summed E-state index contributed by atoms with van der Waals surface area (Å²) < 4.78 is 0. The minimum Gasteiger partial charge on any atom is -0.309 e. The second-order valence-electron chi connectivity index (χ2n) is 7.50. The van der Waals surface area contributed by atoms with E-state index in [1.165, 1.54) is 4.90 Å². The van der Waals surface area contributed by atoms with Gasteiger partial charge in [-0.1, -0.05) is 32.1 Å². The Kier molecular flexibility index (Phi) is 5.20. The zero-order valence-electron chi connectivity index (χ0n) is 15.4. The van der Waals surface area contributed by atoms with Crippen LogP contribution in [0.5, 0.6) is 0 Å². The predicted molar refractivity (Wildman–Crippen MR) is 98.1 cm³/mol. The van der Waals surface area contributed by atoms with Crippen molar-refractivity contribution >= 4 is 23.5 Å². The SMILES string of the molecule is Cc1cccc(NC(=O)[C@H](CC(C)C)N2C(=O)[C@@H]3CC=CC[C@H]3C2=O)n1. The molecule has 1 aromatic heterocycles. The fraction of sp³-hybridized carbons (Fsp3) is 0.500. The van der Waals surface area contributed by atoms with Crippen LogP contribution in [0.1, 0.15) is 38.8 Å². The van der Waals surface area contributed by atoms with Crippen molar-refractivity contribution in [2.24, 2.45) is 17.8 Å². The molecule has 1 fully saturated rings. The largest absolute Gasteiger partial charge is 0.309 e. The number of fused-ring (bicyclic) bond motifs is 1. The Hall–Kier alpha value is -2.50. The van der Waals surface area contributed by atoms with Gasteiger partial charge in [0.2, 0.25) is 17.7 Å². The lowest BCUT2D eigenvalue weighted by Gasteiger charge is -2.27. The first-order chi connectivity index (χ1) is 12.4. The highest BCUT2D eigenvalue weighted by Gasteiger charge is 2.51. The molecule has 138 valence electrons. The van der Waals surface area contributed by atoms with Gasteiger partial charge in [0.1, 0.15) is 11.9 Å². The molecule has 0 spiro atoms. The van der Waals surface area contributed by atoms with Crippen molar-refractivity contribution in [3.8, 4) is 0 Å². The number of imide groups is 1. The van der Waals surface area contributed by atoms with Crippen molar-refractivity contribution in [3.63, 3.8) is 0 Å². The van der Waals surface area contributed by atoms with Crippen LogP contribution in [0.2, 0.25) is 0 Å². The minimum absolute atomic E-state index is 0.164. The Bertz CT molecular complexity index is 730. The van der Waals surface area contributed by atoms with Crippen molar-refractivity contribution in [2.75, 3.05) is 5.32 Å². The fourth-order valence-electron chi connectivity index (χ4n) is 3.73. The van der Waals surface area contributed by atoms with E-state index in [4.69, 9.17) is 0 Å². The van der Waals surface area contributed by atoms with Gasteiger partial charge in [0.15, 0.2) is 0 Å². The van der Waals surface area contributed by atoms with Crippen molar-refractivity contribution in [1.29, 1.82) is 0 Å². The summed E-state index contributed by atoms with van der Waals surface area (Å²) >= 11 is 0. The van der Waals surface area contributed by atoms with Crippen LogP contribution in [0.4, 0.5) is 5.82 Å². The molecule has 1 saturated heterocycles. The number of hydrogen-bond acceptors (Lipinski definition) is 4. The molecule has 26 heavy (non-hydrogen) atoms. The molecule has 0 unspecified atom stereocenters. The van der Waals surface area contributed by atoms with Crippen molar-refractivity contribution in [1.82, 2.24) is 9.88 Å². The number of nitrogens with one attached hydrogen (secondary N) is 1. The first kappa shape index (κ1) is 18.3. The summed E-state index contributed by atoms with van der Waals surface area (Å²) in [4.78, 5) is 44.1. The number of nitrogens with zero attached hydrogens (tertiary/aromatic N) is 2. The summed E-state index contributed by atoms with van der Waals surface area (Å²) in [5.41, 5.74) is 0.786. The van der Waals surface area contributed by atoms with Crippen molar-refractivity contribution in [2.45, 2.75) is 46.1 Å². The molecule has 0 saturated carbocycles. The number of carbonyl (C=O) groups excluding carboxylic acids is 3. The number of hydrogen-bond donors (Lipinski definition) is 1. The highest BCUT2D eigenvalue weighted by Crippen LogP contribution is 2.37. The van der Waals surface area contributed by atoms with E-state index in [2.05, 4.69) is 10.3 Å². The number of anilines is 1. The zero-order valence-corrected chi connectivity index (χ0v) is 15.4. The summed E-state index contributed by atoms with van der Waals surface area (Å²) in [6.07, 6.45) is 5.47. The standard InChI is InChI=1S/C20H25N3O3/c1-12(2)11-16(18(24)22-17-10-6-7-13(3)21-17)23-19(25)14-8-4-5-9-15(14)20(23)26/h4-7,10,12,14-16H,8-9,11H2,1-3H3,(H,21,22,24)/t14-,15-,16+/m1/s1. The third-order valence-electron chi connectivity index (χ3n) is 4.99. The summed E-state index contributed by atoms with van der Waals surface area (Å²) in [5.74, 6) is -0.853. The molecule has 1 aliphatic heterocycles. The second kappa shape index (κ2) is 7.40. The Morgan fingerprint density at radius 2 is 1.81 bits per heavy atom. The van der Waals surface area contributed by atoms with Gasteiger partial charge in [-0.05, 0) is 44.2 Å². The van der Waals surface area contributed by atoms with Crippen LogP contribution in [0.3, 0.4) is 0 Å². The lowest BCUT2D eigenvalue weighted by molar-refractivity contribution is -0.147. The van der Waals surface area contributed by atoms with Crippen LogP contribution in [-0.2, 0) is 14.4 Å². The van der Waals surface area contributed by atoms with Crippen molar-refractivity contribution < 1.29 is 14.4 Å². The molecule has 6 heteroatoms. The first-order valence-electron chi connectivity index (χ1n) is 9.15. The van der Waals surface area contributed by atoms with Gasteiger partial charge in [0, 0.05) is 5.69 Å². The number of aromatic nitrogens is 1. The number of rotatable bonds is 5. The number of likely N-dealkylation sites (tertiary alicyclic amines) is 1. The molecular formula is C20H25N3O3. The second-order valence-corrected chi connectivity index (χ2v) is 7.50. The van der Waals surface area contributed by atoms with Crippen LogP contribution >= 0.6 is 0 Å². The molecule has 3 atom stereocenters. The molecule has 0 bridgehead atoms. The lowest BCUT2D eigenvalue weighted by Crippen LogP contribution is -2.48. The quantitative estimate of drug-likeness (QED) is 0.650. The third-order valence-corrected chi connectivity index (χ3v) is 4.99. The van der Waals surface area contributed by atoms with Crippen LogP contribution in [-0.4, -0.2) is 33.6 Å². The van der Waals surface area contributed by atoms with Crippen LogP contribution in [0.15, 0.2) is 30.4 Å². The van der Waals surface area contributed by atoms with E-state index in [1.807, 2.05) is 45.1 Å². The highest BCUT2D eigenvalue weighted by atomic mass is 16.2. The molecule has 2 aliphatic rings. The van der Waals surface area contributed by atoms with Gasteiger partial charge in [0.25, 0.3) is 0 Å². The maximum absolute atomic E-state index is 12.9. The number of carbonyl (C=O) groups is 3. The molecule has 3 rings (SSSR count). The highest BCUT2D eigenvalue weighted by molar-refractivity contribution is 6.10. The molecular weight excluding hydrogens is 330 g/mol. The summed E-state index contributed by atoms with van der Waals surface area (Å²) in [7, 11) is 0. The predicted octanol–water partition coefficient (Wildman–Crippen LogP) is 2.69. The molecule has 3 amide bonds. The van der Waals surface area contributed by atoms with E-state index >= 15 is 0 Å². The van der Waals surface area contributed by atoms with E-state index in [1.54, 1.807) is 6.07 Å². The Balaban J connectivity index is 1.84. The molecule has 1 N–H and O–H groups in total. The monoisotopic (exact) mass is 355 g/mol. The smallest absolute Gasteiger partial charge is 0.248 e. The Morgan fingerprint density at radius 3 is 2.35 bits per heavy atom. The van der Waals surface area contributed by atoms with Gasteiger partial charge in [-0.3, -0.25) is 19.3 Å². The van der Waals surface area contributed by atoms with E-state index < -0.39 is 6.04 Å². The van der Waals surface area contributed by atoms with Gasteiger partial charge < -0.3 is 5.32 Å². The van der Waals surface area contributed by atoms with Gasteiger partial charge in [-0.2, -0.15) is 0 Å². The van der Waals surface area contributed by atoms with Crippen molar-refractivity contribution in [3.05, 3.63) is 36.0 Å². The number of amides is 3. The molecule has 1 aromatic rings. The van der Waals surface area contributed by atoms with Crippen LogP contribution in [0, 0.1) is 24.7 Å². The maximum Gasteiger partial charge on any atom is 0.248 e. The Labute approximate surface area is 153 Å². The van der Waals surface area contributed by atoms with Gasteiger partial charge >= 0.3 is 0 Å². The zero-order chi connectivity index (χ0) is 18.8. The fourth-order valence-corrected chi connectivity index (χ4v) is 3.73. The van der Waals surface area contributed by atoms with Gasteiger partial charge in [-0.15, -0.1) is 0 Å². The van der Waals surface area contributed by atoms with Gasteiger partial charge in [0.05, 0.1) is 11.8 Å². The molecule has 2 heterocycles. The average Bonchev–Trinajstić information content (AvgIpc) is 2.84. The summed E-state index contributed by atoms with van der Waals surface area (Å²) in [6.45, 7) is 5.79. The number of allylic oxidation sites excluding steroid dienone is 2. The minimum atomic E-state index is -0.803. The average molecular weight is 355 g/mol. The first-order valence-corrected chi connectivity index (χ1v) is 9.15. The molecule has 0 aromatic carbocycles. The maximum atomic E-state index is 12.9. The lowest BCUT2D eigenvalue weighted by atomic mass is 9.85. The van der Waals surface area contributed by atoms with Crippen LogP contribution in [0.25, 0.3) is 0 Å². The normalized spacial score (nSPS) is 23.3. The number of pyridine rings is 1. The summed E-state index contributed by atoms with van der Waals surface area (Å²) in [6, 6.07) is 4.55. The Morgan fingerprint density at radius 1 is 1.19 bits per heavy atom. The van der Waals surface area contributed by atoms with E-state index in [9.17, 15) is 14.4 Å². The number of aryl methyl sites for hydroxylation is 1.